The highest BCUT2D eigenvalue weighted by Crippen LogP contribution is 2.38. The van der Waals surface area contributed by atoms with Crippen LogP contribution in [0, 0.1) is 10.8 Å². The van der Waals surface area contributed by atoms with Gasteiger partial charge in [0.15, 0.2) is 0 Å². The largest absolute Gasteiger partial charge is 0.371 e. The van der Waals surface area contributed by atoms with Crippen molar-refractivity contribution in [3.63, 3.8) is 0 Å². The Kier molecular flexibility index (Phi) is 10.2. The Hall–Kier alpha value is -3.15. The lowest BCUT2D eigenvalue weighted by molar-refractivity contribution is 0.286. The Balaban J connectivity index is 1.99. The van der Waals surface area contributed by atoms with Crippen LogP contribution < -0.4 is 4.90 Å². The van der Waals surface area contributed by atoms with Crippen LogP contribution in [0.3, 0.4) is 0 Å². The maximum Gasteiger partial charge on any atom is 0.137 e. The van der Waals surface area contributed by atoms with Gasteiger partial charge in [-0.2, -0.15) is 0 Å². The smallest absolute Gasteiger partial charge is 0.137 e. The summed E-state index contributed by atoms with van der Waals surface area (Å²) in [7, 11) is 0. The molecule has 0 aliphatic carbocycles. The van der Waals surface area contributed by atoms with Crippen molar-refractivity contribution < 1.29 is 0 Å². The Labute approximate surface area is 223 Å². The summed E-state index contributed by atoms with van der Waals surface area (Å²) < 4.78 is 0. The van der Waals surface area contributed by atoms with Crippen LogP contribution in [0.15, 0.2) is 59.5 Å². The SMILES string of the molecule is CC(/C=C\C=N)=C(C(/C=C\C=N)=C(/c1cccnc1N1CCCCC1)N1CCCCC1)\N1CCCCC1. The molecule has 37 heavy (non-hydrogen) atoms. The molecule has 2 N–H and O–H groups in total. The number of likely N-dealkylation sites (tertiary alicyclic amines) is 2. The van der Waals surface area contributed by atoms with Crippen LogP contribution in [0.25, 0.3) is 5.70 Å². The zero-order valence-electron chi connectivity index (χ0n) is 22.6. The molecule has 0 amide bonds. The molecular formula is C31H44N6. The van der Waals surface area contributed by atoms with Crippen molar-refractivity contribution >= 4 is 23.9 Å². The van der Waals surface area contributed by atoms with E-state index in [1.54, 1.807) is 0 Å². The van der Waals surface area contributed by atoms with Crippen molar-refractivity contribution in [3.8, 4) is 0 Å². The van der Waals surface area contributed by atoms with Crippen molar-refractivity contribution in [2.45, 2.75) is 64.7 Å². The number of piperidine rings is 3. The number of nitrogens with one attached hydrogen (secondary N) is 2. The van der Waals surface area contributed by atoms with E-state index in [1.807, 2.05) is 18.3 Å². The van der Waals surface area contributed by atoms with Crippen LogP contribution >= 0.6 is 0 Å². The highest BCUT2D eigenvalue weighted by Gasteiger charge is 2.28. The molecule has 0 unspecified atom stereocenters. The van der Waals surface area contributed by atoms with Crippen molar-refractivity contribution in [1.82, 2.24) is 14.8 Å². The van der Waals surface area contributed by atoms with Gasteiger partial charge in [0.1, 0.15) is 5.82 Å². The summed E-state index contributed by atoms with van der Waals surface area (Å²) >= 11 is 0. The van der Waals surface area contributed by atoms with Gasteiger partial charge in [0.25, 0.3) is 0 Å². The van der Waals surface area contributed by atoms with Gasteiger partial charge >= 0.3 is 0 Å². The standard InChI is InChI=1S/C31H44N6/c1-26(14-11-17-32)29(35-20-5-2-6-21-35)27(15-12-18-33)30(36-22-7-3-8-23-36)28-16-13-19-34-31(28)37-24-9-4-10-25-37/h11-19,32-33H,2-10,20-25H2,1H3/b14-11-,15-12-,29-26+,30-27-,32-17?,33-18?. The van der Waals surface area contributed by atoms with Gasteiger partial charge in [0, 0.05) is 74.7 Å². The monoisotopic (exact) mass is 500 g/mol. The highest BCUT2D eigenvalue weighted by molar-refractivity contribution is 5.82. The Morgan fingerprint density at radius 2 is 1.32 bits per heavy atom. The van der Waals surface area contributed by atoms with Crippen LogP contribution in [-0.2, 0) is 0 Å². The fourth-order valence-corrected chi connectivity index (χ4v) is 5.98. The van der Waals surface area contributed by atoms with Crippen LogP contribution in [-0.4, -0.2) is 66.5 Å². The molecule has 1 aromatic rings. The summed E-state index contributed by atoms with van der Waals surface area (Å²) in [5.41, 5.74) is 6.01. The third kappa shape index (κ3) is 6.79. The summed E-state index contributed by atoms with van der Waals surface area (Å²) in [5, 5.41) is 15.4. The number of pyridine rings is 1. The van der Waals surface area contributed by atoms with Crippen LogP contribution in [0.1, 0.15) is 70.3 Å². The summed E-state index contributed by atoms with van der Waals surface area (Å²) in [5.74, 6) is 1.09. The van der Waals surface area contributed by atoms with E-state index in [0.717, 1.165) is 50.7 Å². The molecule has 0 aromatic carbocycles. The zero-order chi connectivity index (χ0) is 25.9. The first-order valence-corrected chi connectivity index (χ1v) is 14.2. The first-order chi connectivity index (χ1) is 18.2. The summed E-state index contributed by atoms with van der Waals surface area (Å²) in [6.07, 6.45) is 23.6. The minimum Gasteiger partial charge on any atom is -0.371 e. The maximum atomic E-state index is 7.85. The van der Waals surface area contributed by atoms with Gasteiger partial charge < -0.3 is 25.5 Å². The summed E-state index contributed by atoms with van der Waals surface area (Å²) in [4.78, 5) is 12.6. The summed E-state index contributed by atoms with van der Waals surface area (Å²) in [6, 6.07) is 4.34. The van der Waals surface area contributed by atoms with E-state index < -0.39 is 0 Å². The zero-order valence-corrected chi connectivity index (χ0v) is 22.6. The van der Waals surface area contributed by atoms with Crippen LogP contribution in [0.4, 0.5) is 5.82 Å². The molecule has 0 radical (unpaired) electrons. The first-order valence-electron chi connectivity index (χ1n) is 14.2. The molecule has 3 aliphatic heterocycles. The molecule has 1 aromatic heterocycles. The average Bonchev–Trinajstić information content (AvgIpc) is 2.96. The van der Waals surface area contributed by atoms with E-state index in [1.165, 1.54) is 92.7 Å². The lowest BCUT2D eigenvalue weighted by atomic mass is 9.94. The van der Waals surface area contributed by atoms with E-state index >= 15 is 0 Å². The minimum atomic E-state index is 1.03. The van der Waals surface area contributed by atoms with E-state index in [-0.39, 0.29) is 0 Å². The number of nitrogens with zero attached hydrogens (tertiary/aromatic N) is 4. The van der Waals surface area contributed by atoms with Crippen LogP contribution in [0.2, 0.25) is 0 Å². The van der Waals surface area contributed by atoms with Gasteiger partial charge in [0.05, 0.1) is 5.70 Å². The molecule has 0 bridgehead atoms. The topological polar surface area (TPSA) is 70.3 Å². The average molecular weight is 501 g/mol. The van der Waals surface area contributed by atoms with Crippen molar-refractivity contribution in [2.24, 2.45) is 0 Å². The van der Waals surface area contributed by atoms with Gasteiger partial charge in [-0.15, -0.1) is 0 Å². The summed E-state index contributed by atoms with van der Waals surface area (Å²) in [6.45, 7) is 8.42. The third-order valence-electron chi connectivity index (χ3n) is 7.73. The number of aromatic nitrogens is 1. The van der Waals surface area contributed by atoms with Gasteiger partial charge in [-0.05, 0) is 101 Å². The molecule has 0 spiro atoms. The molecule has 3 fully saturated rings. The second kappa shape index (κ2) is 14.0. The molecule has 3 saturated heterocycles. The molecule has 3 aliphatic rings. The maximum absolute atomic E-state index is 7.85. The van der Waals surface area contributed by atoms with Gasteiger partial charge in [-0.25, -0.2) is 4.98 Å². The molecule has 198 valence electrons. The Morgan fingerprint density at radius 1 is 0.757 bits per heavy atom. The normalized spacial score (nSPS) is 20.7. The molecule has 0 atom stereocenters. The van der Waals surface area contributed by atoms with E-state index in [0.29, 0.717) is 0 Å². The number of rotatable bonds is 9. The number of hydrogen-bond acceptors (Lipinski definition) is 6. The number of anilines is 1. The predicted molar refractivity (Wildman–Crippen MR) is 157 cm³/mol. The second-order valence-electron chi connectivity index (χ2n) is 10.4. The molecular weight excluding hydrogens is 456 g/mol. The molecule has 0 saturated carbocycles. The molecule has 6 nitrogen and oxygen atoms in total. The first kappa shape index (κ1) is 26.9. The van der Waals surface area contributed by atoms with Crippen molar-refractivity contribution in [1.29, 1.82) is 10.8 Å². The Bertz CT molecular complexity index is 1030. The third-order valence-corrected chi connectivity index (χ3v) is 7.73. The van der Waals surface area contributed by atoms with Crippen molar-refractivity contribution in [3.05, 3.63) is 65.0 Å². The number of allylic oxidation sites excluding steroid dienone is 5. The highest BCUT2D eigenvalue weighted by atomic mass is 15.2. The minimum absolute atomic E-state index is 1.03. The molecule has 4 rings (SSSR count). The quantitative estimate of drug-likeness (QED) is 0.302. The lowest BCUT2D eigenvalue weighted by Crippen LogP contribution is -2.35. The fourth-order valence-electron chi connectivity index (χ4n) is 5.98. The second-order valence-corrected chi connectivity index (χ2v) is 10.4. The predicted octanol–water partition coefficient (Wildman–Crippen LogP) is 6.44. The van der Waals surface area contributed by atoms with E-state index in [4.69, 9.17) is 15.8 Å². The van der Waals surface area contributed by atoms with E-state index in [9.17, 15) is 0 Å². The van der Waals surface area contributed by atoms with Crippen LogP contribution in [0.5, 0.6) is 0 Å². The lowest BCUT2D eigenvalue weighted by Gasteiger charge is -2.39. The Morgan fingerprint density at radius 3 is 1.95 bits per heavy atom. The molecule has 4 heterocycles. The van der Waals surface area contributed by atoms with E-state index in [2.05, 4.69) is 45.9 Å². The number of hydrogen-bond donors (Lipinski definition) is 2. The van der Waals surface area contributed by atoms with Gasteiger partial charge in [0.2, 0.25) is 0 Å². The van der Waals surface area contributed by atoms with Crippen molar-refractivity contribution in [2.75, 3.05) is 44.2 Å². The van der Waals surface area contributed by atoms with Gasteiger partial charge in [-0.3, -0.25) is 0 Å². The fraction of sp³-hybridized carbons (Fsp3) is 0.516. The molecule has 6 heteroatoms. The van der Waals surface area contributed by atoms with Gasteiger partial charge in [-0.1, -0.05) is 6.08 Å².